The molecule has 3 rings (SSSR count). The highest BCUT2D eigenvalue weighted by Gasteiger charge is 2.05. The molecule has 0 fully saturated rings. The molecule has 0 aliphatic carbocycles. The number of thiophene rings is 1. The number of nitrogens with one attached hydrogen (secondary N) is 1. The fourth-order valence-electron chi connectivity index (χ4n) is 2.93. The van der Waals surface area contributed by atoms with Gasteiger partial charge in [0.25, 0.3) is 0 Å². The average Bonchev–Trinajstić information content (AvgIpc) is 3.15. The molecule has 0 radical (unpaired) electrons. The molecule has 0 amide bonds. The minimum absolute atomic E-state index is 0.894. The van der Waals surface area contributed by atoms with Crippen LogP contribution in [0.5, 0.6) is 0 Å². The SMILES string of the molecule is CN(CCc1cccc2ccsc12)Cc1ccc(/C=C/C(O)NO)cc1. The Morgan fingerprint density at radius 3 is 2.73 bits per heavy atom. The lowest BCUT2D eigenvalue weighted by Crippen LogP contribution is -2.21. The molecule has 0 bridgehead atoms. The van der Waals surface area contributed by atoms with E-state index >= 15 is 0 Å². The Morgan fingerprint density at radius 2 is 1.96 bits per heavy atom. The molecular formula is C21H24N2O2S. The van der Waals surface area contributed by atoms with Gasteiger partial charge < -0.3 is 15.2 Å². The highest BCUT2D eigenvalue weighted by molar-refractivity contribution is 7.17. The van der Waals surface area contributed by atoms with Crippen molar-refractivity contribution < 1.29 is 10.3 Å². The Bertz CT molecular complexity index is 858. The van der Waals surface area contributed by atoms with Gasteiger partial charge in [-0.2, -0.15) is 5.48 Å². The highest BCUT2D eigenvalue weighted by Crippen LogP contribution is 2.25. The molecule has 26 heavy (non-hydrogen) atoms. The molecule has 1 atom stereocenters. The molecule has 3 N–H and O–H groups in total. The highest BCUT2D eigenvalue weighted by atomic mass is 32.1. The summed E-state index contributed by atoms with van der Waals surface area (Å²) in [6.07, 6.45) is 3.25. The van der Waals surface area contributed by atoms with Crippen LogP contribution in [0.1, 0.15) is 16.7 Å². The van der Waals surface area contributed by atoms with E-state index in [9.17, 15) is 5.11 Å². The summed E-state index contributed by atoms with van der Waals surface area (Å²) in [5, 5.41) is 21.3. The second-order valence-electron chi connectivity index (χ2n) is 6.42. The Balaban J connectivity index is 1.54. The van der Waals surface area contributed by atoms with Gasteiger partial charge in [0.15, 0.2) is 0 Å². The van der Waals surface area contributed by atoms with Gasteiger partial charge >= 0.3 is 0 Å². The van der Waals surface area contributed by atoms with Crippen molar-refractivity contribution >= 4 is 27.5 Å². The van der Waals surface area contributed by atoms with Crippen LogP contribution in [0.25, 0.3) is 16.2 Å². The fraction of sp³-hybridized carbons (Fsp3) is 0.238. The molecule has 2 aromatic carbocycles. The summed E-state index contributed by atoms with van der Waals surface area (Å²) in [6, 6.07) is 16.9. The van der Waals surface area contributed by atoms with Gasteiger partial charge in [0.1, 0.15) is 6.23 Å². The number of aliphatic hydroxyl groups is 1. The van der Waals surface area contributed by atoms with Crippen LogP contribution in [0, 0.1) is 0 Å². The number of fused-ring (bicyclic) bond motifs is 1. The normalized spacial score (nSPS) is 13.1. The van der Waals surface area contributed by atoms with Crippen LogP contribution >= 0.6 is 11.3 Å². The maximum absolute atomic E-state index is 9.24. The van der Waals surface area contributed by atoms with Crippen molar-refractivity contribution in [1.29, 1.82) is 0 Å². The van der Waals surface area contributed by atoms with Gasteiger partial charge in [-0.15, -0.1) is 11.3 Å². The number of aliphatic hydroxyl groups excluding tert-OH is 1. The second kappa shape index (κ2) is 9.07. The summed E-state index contributed by atoms with van der Waals surface area (Å²) in [5.41, 5.74) is 5.42. The first-order chi connectivity index (χ1) is 12.7. The average molecular weight is 369 g/mol. The summed E-state index contributed by atoms with van der Waals surface area (Å²) >= 11 is 1.82. The number of hydrogen-bond donors (Lipinski definition) is 3. The molecule has 0 aliphatic rings. The van der Waals surface area contributed by atoms with Gasteiger partial charge in [-0.25, -0.2) is 0 Å². The maximum Gasteiger partial charge on any atom is 0.146 e. The first-order valence-corrected chi connectivity index (χ1v) is 9.52. The van der Waals surface area contributed by atoms with Crippen molar-refractivity contribution in [1.82, 2.24) is 10.4 Å². The van der Waals surface area contributed by atoms with E-state index in [2.05, 4.69) is 53.7 Å². The zero-order valence-corrected chi connectivity index (χ0v) is 15.6. The molecule has 1 unspecified atom stereocenters. The minimum atomic E-state index is -1.05. The van der Waals surface area contributed by atoms with E-state index in [1.54, 1.807) is 11.6 Å². The van der Waals surface area contributed by atoms with Crippen molar-refractivity contribution in [3.63, 3.8) is 0 Å². The third-order valence-electron chi connectivity index (χ3n) is 4.36. The van der Waals surface area contributed by atoms with E-state index in [1.807, 2.05) is 23.5 Å². The summed E-state index contributed by atoms with van der Waals surface area (Å²) < 4.78 is 1.40. The first kappa shape index (κ1) is 18.8. The number of hydroxylamine groups is 1. The second-order valence-corrected chi connectivity index (χ2v) is 7.33. The van der Waals surface area contributed by atoms with E-state index < -0.39 is 6.23 Å². The van der Waals surface area contributed by atoms with Crippen molar-refractivity contribution in [2.45, 2.75) is 19.2 Å². The number of benzene rings is 2. The first-order valence-electron chi connectivity index (χ1n) is 8.64. The molecule has 0 saturated carbocycles. The zero-order chi connectivity index (χ0) is 18.4. The third-order valence-corrected chi connectivity index (χ3v) is 5.36. The van der Waals surface area contributed by atoms with E-state index in [4.69, 9.17) is 5.21 Å². The van der Waals surface area contributed by atoms with Crippen LogP contribution in [0.3, 0.4) is 0 Å². The maximum atomic E-state index is 9.24. The van der Waals surface area contributed by atoms with Gasteiger partial charge in [0.2, 0.25) is 0 Å². The molecular weight excluding hydrogens is 344 g/mol. The molecule has 136 valence electrons. The van der Waals surface area contributed by atoms with Crippen LogP contribution in [0.4, 0.5) is 0 Å². The van der Waals surface area contributed by atoms with Crippen molar-refractivity contribution in [3.8, 4) is 0 Å². The largest absolute Gasteiger partial charge is 0.373 e. The number of likely N-dealkylation sites (N-methyl/N-ethyl adjacent to an activating group) is 1. The van der Waals surface area contributed by atoms with Crippen molar-refractivity contribution in [2.75, 3.05) is 13.6 Å². The quantitative estimate of drug-likeness (QED) is 0.417. The molecule has 1 heterocycles. The van der Waals surface area contributed by atoms with Crippen LogP contribution < -0.4 is 5.48 Å². The van der Waals surface area contributed by atoms with Gasteiger partial charge in [-0.05, 0) is 53.1 Å². The fourth-order valence-corrected chi connectivity index (χ4v) is 3.88. The molecule has 4 nitrogen and oxygen atoms in total. The zero-order valence-electron chi connectivity index (χ0n) is 14.8. The number of nitrogens with zero attached hydrogens (tertiary/aromatic N) is 1. The Kier molecular flexibility index (Phi) is 6.55. The molecule has 0 aliphatic heterocycles. The van der Waals surface area contributed by atoms with Crippen molar-refractivity contribution in [2.24, 2.45) is 0 Å². The van der Waals surface area contributed by atoms with E-state index in [0.717, 1.165) is 25.1 Å². The lowest BCUT2D eigenvalue weighted by Gasteiger charge is -2.17. The summed E-state index contributed by atoms with van der Waals surface area (Å²) in [5.74, 6) is 0. The van der Waals surface area contributed by atoms with E-state index in [1.165, 1.54) is 27.3 Å². The van der Waals surface area contributed by atoms with Gasteiger partial charge in [0.05, 0.1) is 0 Å². The number of rotatable bonds is 8. The topological polar surface area (TPSA) is 55.7 Å². The standard InChI is InChI=1S/C21H24N2O2S/c1-23(13-11-18-3-2-4-19-12-14-26-21(18)19)15-17-7-5-16(6-8-17)9-10-20(24)22-25/h2-10,12,14,20,22,24-25H,11,13,15H2,1H3/b10-9+. The monoisotopic (exact) mass is 368 g/mol. The van der Waals surface area contributed by atoms with Crippen molar-refractivity contribution in [3.05, 3.63) is 76.7 Å². The summed E-state index contributed by atoms with van der Waals surface area (Å²) in [7, 11) is 2.14. The van der Waals surface area contributed by atoms with E-state index in [0.29, 0.717) is 0 Å². The third kappa shape index (κ3) is 5.00. The van der Waals surface area contributed by atoms with Crippen LogP contribution in [-0.2, 0) is 13.0 Å². The lowest BCUT2D eigenvalue weighted by molar-refractivity contribution is 0.0323. The van der Waals surface area contributed by atoms with Crippen LogP contribution in [-0.4, -0.2) is 35.0 Å². The molecule has 5 heteroatoms. The predicted octanol–water partition coefficient (Wildman–Crippen LogP) is 3.89. The minimum Gasteiger partial charge on any atom is -0.373 e. The molecule has 1 aromatic heterocycles. The van der Waals surface area contributed by atoms with Crippen LogP contribution in [0.15, 0.2) is 60.0 Å². The summed E-state index contributed by atoms with van der Waals surface area (Å²) in [4.78, 5) is 2.33. The van der Waals surface area contributed by atoms with Gasteiger partial charge in [0, 0.05) is 17.8 Å². The van der Waals surface area contributed by atoms with Gasteiger partial charge in [-0.3, -0.25) is 0 Å². The Hall–Kier alpha value is -2.02. The Labute approximate surface area is 158 Å². The van der Waals surface area contributed by atoms with Crippen LogP contribution in [0.2, 0.25) is 0 Å². The smallest absolute Gasteiger partial charge is 0.146 e. The predicted molar refractivity (Wildman–Crippen MR) is 108 cm³/mol. The molecule has 0 spiro atoms. The lowest BCUT2D eigenvalue weighted by atomic mass is 10.1. The molecule has 0 saturated heterocycles. The van der Waals surface area contributed by atoms with E-state index in [-0.39, 0.29) is 0 Å². The Morgan fingerprint density at radius 1 is 1.15 bits per heavy atom. The number of hydrogen-bond acceptors (Lipinski definition) is 5. The van der Waals surface area contributed by atoms with Gasteiger partial charge in [-0.1, -0.05) is 48.5 Å². The molecule has 3 aromatic rings. The summed E-state index contributed by atoms with van der Waals surface area (Å²) in [6.45, 7) is 1.90.